The number of nitrogens with one attached hydrogen (secondary N) is 1. The van der Waals surface area contributed by atoms with Gasteiger partial charge in [-0.05, 0) is 61.7 Å². The van der Waals surface area contributed by atoms with Crippen molar-refractivity contribution in [1.82, 2.24) is 19.6 Å². The van der Waals surface area contributed by atoms with Crippen molar-refractivity contribution in [2.75, 3.05) is 25.9 Å². The summed E-state index contributed by atoms with van der Waals surface area (Å²) in [6.45, 7) is 7.80. The smallest absolute Gasteiger partial charge is 0.251 e. The fraction of sp³-hybridized carbons (Fsp3) is 0.320. The van der Waals surface area contributed by atoms with Gasteiger partial charge in [0.05, 0.1) is 11.9 Å². The number of carbonyl (C=O) groups is 1. The van der Waals surface area contributed by atoms with Crippen LogP contribution in [-0.4, -0.2) is 40.3 Å². The van der Waals surface area contributed by atoms with E-state index in [9.17, 15) is 4.79 Å². The van der Waals surface area contributed by atoms with Gasteiger partial charge in [-0.3, -0.25) is 4.79 Å². The molecule has 1 amide bonds. The lowest BCUT2D eigenvalue weighted by atomic mass is 9.99. The number of amides is 1. The first kappa shape index (κ1) is 23.8. The molecule has 0 saturated carbocycles. The molecule has 0 radical (unpaired) electrons. The van der Waals surface area contributed by atoms with Crippen LogP contribution < -0.4 is 11.1 Å². The van der Waals surface area contributed by atoms with Crippen LogP contribution in [0.3, 0.4) is 0 Å². The largest absolute Gasteiger partial charge is 0.382 e. The maximum absolute atomic E-state index is 12.2. The quantitative estimate of drug-likeness (QED) is 0.530. The topological polar surface area (TPSA) is 84.1 Å². The van der Waals surface area contributed by atoms with Gasteiger partial charge in [-0.25, -0.2) is 14.3 Å². The van der Waals surface area contributed by atoms with Crippen molar-refractivity contribution in [3.63, 3.8) is 0 Å². The third-order valence-corrected chi connectivity index (χ3v) is 6.24. The Morgan fingerprint density at radius 2 is 1.84 bits per heavy atom. The summed E-state index contributed by atoms with van der Waals surface area (Å²) >= 11 is 1.71. The minimum absolute atomic E-state index is 0.0199. The number of benzene rings is 2. The molecule has 0 atom stereocenters. The highest BCUT2D eigenvalue weighted by molar-refractivity contribution is 7.97. The summed E-state index contributed by atoms with van der Waals surface area (Å²) in [6, 6.07) is 14.1. The van der Waals surface area contributed by atoms with Crippen LogP contribution in [0, 0.1) is 0 Å². The van der Waals surface area contributed by atoms with Gasteiger partial charge in [0, 0.05) is 34.7 Å². The maximum Gasteiger partial charge on any atom is 0.251 e. The number of hydrogen-bond acceptors (Lipinski definition) is 6. The second kappa shape index (κ2) is 11.1. The number of fused-ring (bicyclic) bond motifs is 1. The summed E-state index contributed by atoms with van der Waals surface area (Å²) in [6.07, 6.45) is 3.47. The average molecular weight is 450 g/mol. The lowest BCUT2D eigenvalue weighted by Gasteiger charge is -2.13. The average Bonchev–Trinajstić information content (AvgIpc) is 3.02. The van der Waals surface area contributed by atoms with Gasteiger partial charge in [0.2, 0.25) is 0 Å². The maximum atomic E-state index is 12.2. The highest BCUT2D eigenvalue weighted by atomic mass is 32.2. The molecule has 168 valence electrons. The number of hydrogen-bond donors (Lipinski definition) is 2. The molecule has 0 spiro atoms. The van der Waals surface area contributed by atoms with E-state index < -0.39 is 0 Å². The third-order valence-electron chi connectivity index (χ3n) is 5.19. The van der Waals surface area contributed by atoms with Crippen LogP contribution in [0.5, 0.6) is 0 Å². The van der Waals surface area contributed by atoms with Crippen molar-refractivity contribution in [2.24, 2.45) is 0 Å². The number of aryl methyl sites for hydroxylation is 1. The molecule has 4 rings (SSSR count). The Hall–Kier alpha value is -2.90. The van der Waals surface area contributed by atoms with Crippen molar-refractivity contribution in [1.29, 1.82) is 0 Å². The highest BCUT2D eigenvalue weighted by Gasteiger charge is 2.17. The second-order valence-corrected chi connectivity index (χ2v) is 8.56. The minimum atomic E-state index is -0.0199. The number of aromatic nitrogens is 2. The zero-order valence-corrected chi connectivity index (χ0v) is 20.0. The van der Waals surface area contributed by atoms with Crippen LogP contribution in [0.4, 0.5) is 5.82 Å². The van der Waals surface area contributed by atoms with Gasteiger partial charge in [0.1, 0.15) is 11.5 Å². The van der Waals surface area contributed by atoms with Crippen LogP contribution in [0.15, 0.2) is 53.6 Å². The monoisotopic (exact) mass is 449 g/mol. The molecule has 32 heavy (non-hydrogen) atoms. The van der Waals surface area contributed by atoms with E-state index in [0.29, 0.717) is 18.1 Å². The van der Waals surface area contributed by atoms with Gasteiger partial charge in [0.15, 0.2) is 0 Å². The van der Waals surface area contributed by atoms with Crippen LogP contribution >= 0.6 is 11.9 Å². The Labute approximate surface area is 194 Å². The third kappa shape index (κ3) is 5.47. The summed E-state index contributed by atoms with van der Waals surface area (Å²) in [7, 11) is 2.07. The van der Waals surface area contributed by atoms with Crippen molar-refractivity contribution < 1.29 is 4.79 Å². The predicted octanol–water partition coefficient (Wildman–Crippen LogP) is 5.05. The molecule has 3 N–H and O–H groups in total. The molecule has 0 bridgehead atoms. The van der Waals surface area contributed by atoms with E-state index in [0.717, 1.165) is 47.3 Å². The minimum Gasteiger partial charge on any atom is -0.382 e. The molecular weight excluding hydrogens is 418 g/mol. The SMILES string of the molecule is CC.CCN(C)Sc1ccc(-c2cnc(N)c(-c3ccc4c(c3)CCCNC4=O)n2)cc1. The molecule has 0 saturated heterocycles. The molecule has 1 aromatic heterocycles. The van der Waals surface area contributed by atoms with E-state index in [1.165, 1.54) is 4.90 Å². The van der Waals surface area contributed by atoms with Crippen molar-refractivity contribution >= 4 is 23.7 Å². The Bertz CT molecular complexity index is 1070. The molecule has 3 aromatic rings. The van der Waals surface area contributed by atoms with Gasteiger partial charge in [-0.2, -0.15) is 0 Å². The molecule has 0 fully saturated rings. The van der Waals surface area contributed by atoms with Crippen LogP contribution in [0.1, 0.15) is 43.1 Å². The molecule has 7 heteroatoms. The standard InChI is InChI=1S/C23H25N5OS.C2H6/c1-3-28(2)30-18-9-6-15(7-10-18)20-14-26-22(24)21(27-20)17-8-11-19-16(13-17)5-4-12-25-23(19)29;1-2/h6-11,13-14H,3-5,12H2,1-2H3,(H2,24,26)(H,25,29);1-2H3. The lowest BCUT2D eigenvalue weighted by Crippen LogP contribution is -2.22. The Morgan fingerprint density at radius 3 is 2.56 bits per heavy atom. The van der Waals surface area contributed by atoms with E-state index in [1.807, 2.05) is 32.0 Å². The number of nitrogens with zero attached hydrogens (tertiary/aromatic N) is 3. The van der Waals surface area contributed by atoms with Crippen LogP contribution in [-0.2, 0) is 6.42 Å². The van der Waals surface area contributed by atoms with E-state index in [1.54, 1.807) is 18.1 Å². The number of nitrogen functional groups attached to an aromatic ring is 1. The van der Waals surface area contributed by atoms with E-state index in [4.69, 9.17) is 10.7 Å². The number of rotatable bonds is 5. The number of nitrogens with two attached hydrogens (primary N) is 1. The van der Waals surface area contributed by atoms with Crippen molar-refractivity contribution in [2.45, 2.75) is 38.5 Å². The van der Waals surface area contributed by atoms with Gasteiger partial charge < -0.3 is 11.1 Å². The highest BCUT2D eigenvalue weighted by Crippen LogP contribution is 2.30. The zero-order chi connectivity index (χ0) is 23.1. The first-order valence-electron chi connectivity index (χ1n) is 11.1. The molecule has 0 aliphatic carbocycles. The Balaban J connectivity index is 0.00000141. The Morgan fingerprint density at radius 1 is 1.12 bits per heavy atom. The van der Waals surface area contributed by atoms with E-state index in [-0.39, 0.29) is 5.91 Å². The molecule has 2 heterocycles. The Kier molecular flexibility index (Phi) is 8.25. The second-order valence-electron chi connectivity index (χ2n) is 7.28. The number of carbonyl (C=O) groups excluding carboxylic acids is 1. The van der Waals surface area contributed by atoms with Crippen LogP contribution in [0.25, 0.3) is 22.5 Å². The molecule has 1 aliphatic heterocycles. The van der Waals surface area contributed by atoms with Crippen molar-refractivity contribution in [3.05, 3.63) is 59.8 Å². The van der Waals surface area contributed by atoms with E-state index in [2.05, 4.69) is 52.8 Å². The summed E-state index contributed by atoms with van der Waals surface area (Å²) in [5.74, 6) is 0.363. The normalized spacial score (nSPS) is 13.0. The first-order chi connectivity index (χ1) is 15.5. The van der Waals surface area contributed by atoms with Gasteiger partial charge in [0.25, 0.3) is 5.91 Å². The summed E-state index contributed by atoms with van der Waals surface area (Å²) < 4.78 is 2.18. The van der Waals surface area contributed by atoms with Gasteiger partial charge in [-0.1, -0.05) is 39.0 Å². The fourth-order valence-electron chi connectivity index (χ4n) is 3.43. The number of anilines is 1. The molecule has 0 unspecified atom stereocenters. The molecular formula is C25H31N5OS. The molecule has 6 nitrogen and oxygen atoms in total. The first-order valence-corrected chi connectivity index (χ1v) is 11.9. The summed E-state index contributed by atoms with van der Waals surface area (Å²) in [5, 5.41) is 2.93. The zero-order valence-electron chi connectivity index (χ0n) is 19.2. The van der Waals surface area contributed by atoms with Crippen molar-refractivity contribution in [3.8, 4) is 22.5 Å². The molecule has 2 aromatic carbocycles. The van der Waals surface area contributed by atoms with E-state index >= 15 is 0 Å². The van der Waals surface area contributed by atoms with Crippen LogP contribution in [0.2, 0.25) is 0 Å². The lowest BCUT2D eigenvalue weighted by molar-refractivity contribution is 0.0956. The fourth-order valence-corrected chi connectivity index (χ4v) is 4.17. The van der Waals surface area contributed by atoms with Gasteiger partial charge in [-0.15, -0.1) is 0 Å². The molecule has 1 aliphatic rings. The van der Waals surface area contributed by atoms with Gasteiger partial charge >= 0.3 is 0 Å². The summed E-state index contributed by atoms with van der Waals surface area (Å²) in [5.41, 5.74) is 11.2. The summed E-state index contributed by atoms with van der Waals surface area (Å²) in [4.78, 5) is 22.6. The predicted molar refractivity (Wildman–Crippen MR) is 133 cm³/mol.